The molecule has 1 aliphatic rings. The number of thiazole rings is 1. The highest BCUT2D eigenvalue weighted by Gasteiger charge is 2.47. The minimum Gasteiger partial charge on any atom is -0.503 e. The number of amides is 1. The molecule has 0 spiro atoms. The van der Waals surface area contributed by atoms with Crippen LogP contribution in [0, 0.1) is 19.7 Å². The number of aromatic nitrogens is 3. The monoisotopic (exact) mass is 572 g/mol. The summed E-state index contributed by atoms with van der Waals surface area (Å²) in [6.45, 7) is 3.43. The second kappa shape index (κ2) is 10.3. The summed E-state index contributed by atoms with van der Waals surface area (Å²) in [5.74, 6) is -2.20. The predicted molar refractivity (Wildman–Crippen MR) is 143 cm³/mol. The first-order chi connectivity index (χ1) is 17.7. The molecule has 0 bridgehead atoms. The van der Waals surface area contributed by atoms with Crippen LogP contribution in [0.4, 0.5) is 9.52 Å². The first-order valence-corrected chi connectivity index (χ1v) is 13.9. The molecule has 1 amide bonds. The molecular formula is C25H18ClFN4O3S3. The van der Waals surface area contributed by atoms with Crippen molar-refractivity contribution in [3.05, 3.63) is 97.4 Å². The van der Waals surface area contributed by atoms with Gasteiger partial charge in [0.05, 0.1) is 21.2 Å². The Morgan fingerprint density at radius 3 is 2.54 bits per heavy atom. The van der Waals surface area contributed by atoms with E-state index in [-0.39, 0.29) is 21.1 Å². The van der Waals surface area contributed by atoms with Crippen molar-refractivity contribution in [2.75, 3.05) is 4.90 Å². The molecule has 0 radical (unpaired) electrons. The van der Waals surface area contributed by atoms with E-state index < -0.39 is 29.3 Å². The van der Waals surface area contributed by atoms with Gasteiger partial charge in [0.1, 0.15) is 11.9 Å². The normalized spacial score (nSPS) is 15.6. The predicted octanol–water partition coefficient (Wildman–Crippen LogP) is 6.48. The Labute approximate surface area is 228 Å². The lowest BCUT2D eigenvalue weighted by molar-refractivity contribution is -0.117. The molecule has 1 atom stereocenters. The summed E-state index contributed by atoms with van der Waals surface area (Å²) in [6, 6.07) is 12.0. The summed E-state index contributed by atoms with van der Waals surface area (Å²) in [4.78, 5) is 32.6. The summed E-state index contributed by atoms with van der Waals surface area (Å²) < 4.78 is 15.6. The highest BCUT2D eigenvalue weighted by atomic mass is 35.5. The average Bonchev–Trinajstić information content (AvgIpc) is 3.55. The van der Waals surface area contributed by atoms with Gasteiger partial charge in [-0.2, -0.15) is 0 Å². The van der Waals surface area contributed by atoms with Gasteiger partial charge in [0, 0.05) is 16.3 Å². The fraction of sp³-hybridized carbons (Fsp3) is 0.160. The average molecular weight is 573 g/mol. The van der Waals surface area contributed by atoms with E-state index in [1.807, 2.05) is 12.1 Å². The highest BCUT2D eigenvalue weighted by molar-refractivity contribution is 8.00. The number of anilines is 1. The fourth-order valence-electron chi connectivity index (χ4n) is 3.97. The first kappa shape index (κ1) is 25.5. The number of hydrogen-bond acceptors (Lipinski definition) is 9. The van der Waals surface area contributed by atoms with E-state index in [0.29, 0.717) is 25.8 Å². The Morgan fingerprint density at radius 1 is 1.14 bits per heavy atom. The quantitative estimate of drug-likeness (QED) is 0.154. The molecule has 1 aliphatic heterocycles. The maximum absolute atomic E-state index is 15.0. The molecule has 12 heteroatoms. The van der Waals surface area contributed by atoms with Gasteiger partial charge in [0.2, 0.25) is 10.9 Å². The van der Waals surface area contributed by atoms with Crippen molar-refractivity contribution in [3.8, 4) is 0 Å². The molecule has 3 heterocycles. The maximum Gasteiger partial charge on any atom is 0.296 e. The van der Waals surface area contributed by atoms with E-state index in [4.69, 9.17) is 11.6 Å². The van der Waals surface area contributed by atoms with Crippen LogP contribution < -0.4 is 4.90 Å². The lowest BCUT2D eigenvalue weighted by Gasteiger charge is -2.24. The van der Waals surface area contributed by atoms with Crippen LogP contribution in [-0.4, -0.2) is 32.0 Å². The molecule has 7 nitrogen and oxygen atoms in total. The number of Topliss-reactive ketones (excluding diaryl/α,β-unsaturated/α-hetero) is 1. The maximum atomic E-state index is 15.0. The summed E-state index contributed by atoms with van der Waals surface area (Å²) in [5, 5.41) is 20.7. The number of hydrogen-bond donors (Lipinski definition) is 1. The second-order valence-electron chi connectivity index (χ2n) is 8.10. The van der Waals surface area contributed by atoms with Gasteiger partial charge >= 0.3 is 0 Å². The molecule has 5 rings (SSSR count). The molecule has 2 aromatic heterocycles. The lowest BCUT2D eigenvalue weighted by Crippen LogP contribution is -2.31. The molecular weight excluding hydrogens is 555 g/mol. The zero-order valence-corrected chi connectivity index (χ0v) is 22.6. The van der Waals surface area contributed by atoms with E-state index in [1.54, 1.807) is 32.0 Å². The lowest BCUT2D eigenvalue weighted by atomic mass is 9.95. The van der Waals surface area contributed by atoms with Crippen molar-refractivity contribution in [1.29, 1.82) is 0 Å². The third kappa shape index (κ3) is 4.91. The molecule has 0 saturated carbocycles. The van der Waals surface area contributed by atoms with Crippen LogP contribution in [0.25, 0.3) is 0 Å². The van der Waals surface area contributed by atoms with Gasteiger partial charge in [-0.05, 0) is 37.6 Å². The first-order valence-electron chi connectivity index (χ1n) is 10.9. The van der Waals surface area contributed by atoms with Crippen molar-refractivity contribution in [2.45, 2.75) is 30.0 Å². The Bertz CT molecular complexity index is 1550. The Balaban J connectivity index is 1.51. The minimum atomic E-state index is -1.22. The number of aliphatic hydroxyl groups excluding tert-OH is 1. The molecule has 0 aliphatic carbocycles. The number of carbonyl (C=O) groups excluding carboxylic acids is 2. The summed E-state index contributed by atoms with van der Waals surface area (Å²) in [7, 11) is 0. The molecule has 188 valence electrons. The number of benzene rings is 2. The Hall–Kier alpha value is -3.12. The van der Waals surface area contributed by atoms with Crippen molar-refractivity contribution in [1.82, 2.24) is 15.2 Å². The highest BCUT2D eigenvalue weighted by Crippen LogP contribution is 2.45. The number of carbonyl (C=O) groups is 2. The number of halogens is 2. The number of aryl methyl sites for hydroxylation is 2. The number of thioether (sulfide) groups is 1. The molecule has 1 unspecified atom stereocenters. The Kier molecular flexibility index (Phi) is 7.13. The van der Waals surface area contributed by atoms with Crippen molar-refractivity contribution in [3.63, 3.8) is 0 Å². The van der Waals surface area contributed by atoms with Gasteiger partial charge in [0.25, 0.3) is 5.91 Å². The number of ketones is 1. The third-order valence-electron chi connectivity index (χ3n) is 5.64. The summed E-state index contributed by atoms with van der Waals surface area (Å²) >= 11 is 9.63. The van der Waals surface area contributed by atoms with Crippen LogP contribution in [0.1, 0.15) is 37.5 Å². The van der Waals surface area contributed by atoms with Gasteiger partial charge < -0.3 is 5.11 Å². The Morgan fingerprint density at radius 2 is 1.86 bits per heavy atom. The zero-order valence-electron chi connectivity index (χ0n) is 19.4. The summed E-state index contributed by atoms with van der Waals surface area (Å²) in [6.07, 6.45) is 0. The van der Waals surface area contributed by atoms with Gasteiger partial charge in [0.15, 0.2) is 10.1 Å². The number of rotatable bonds is 7. The molecule has 2 aromatic carbocycles. The van der Waals surface area contributed by atoms with Gasteiger partial charge in [-0.15, -0.1) is 21.5 Å². The van der Waals surface area contributed by atoms with E-state index in [9.17, 15) is 14.7 Å². The van der Waals surface area contributed by atoms with Crippen LogP contribution in [0.3, 0.4) is 0 Å². The van der Waals surface area contributed by atoms with Crippen LogP contribution in [0.5, 0.6) is 0 Å². The third-order valence-corrected chi connectivity index (χ3v) is 9.09. The van der Waals surface area contributed by atoms with Crippen molar-refractivity contribution < 1.29 is 19.1 Å². The van der Waals surface area contributed by atoms with Crippen LogP contribution >= 0.6 is 46.0 Å². The minimum absolute atomic E-state index is 0.0627. The molecule has 37 heavy (non-hydrogen) atoms. The van der Waals surface area contributed by atoms with Crippen molar-refractivity contribution >= 4 is 62.9 Å². The van der Waals surface area contributed by atoms with Crippen LogP contribution in [0.2, 0.25) is 5.02 Å². The molecule has 1 N–H and O–H groups in total. The van der Waals surface area contributed by atoms with Gasteiger partial charge in [-0.1, -0.05) is 65.0 Å². The van der Waals surface area contributed by atoms with Crippen LogP contribution in [0.15, 0.2) is 64.2 Å². The van der Waals surface area contributed by atoms with Crippen molar-refractivity contribution in [2.24, 2.45) is 0 Å². The second-order valence-corrected chi connectivity index (χ2v) is 11.9. The number of aliphatic hydroxyl groups is 1. The topological polar surface area (TPSA) is 96.3 Å². The smallest absolute Gasteiger partial charge is 0.296 e. The SMILES string of the molecule is Cc1nc(C)c(C(=O)C2=C(O)C(=O)N(c3nnc(SCc4ccc(Cl)cc4)s3)C2c2ccccc2F)s1. The summed E-state index contributed by atoms with van der Waals surface area (Å²) in [5.41, 5.74) is 1.35. The van der Waals surface area contributed by atoms with E-state index >= 15 is 4.39 Å². The molecule has 0 saturated heterocycles. The van der Waals surface area contributed by atoms with E-state index in [0.717, 1.165) is 33.1 Å². The van der Waals surface area contributed by atoms with Gasteiger partial charge in [-0.25, -0.2) is 9.37 Å². The largest absolute Gasteiger partial charge is 0.503 e. The fourth-order valence-corrected chi connectivity index (χ4v) is 6.80. The zero-order chi connectivity index (χ0) is 26.3. The van der Waals surface area contributed by atoms with Gasteiger partial charge in [-0.3, -0.25) is 14.5 Å². The van der Waals surface area contributed by atoms with E-state index in [1.165, 1.54) is 30.0 Å². The molecule has 0 fully saturated rings. The molecule has 4 aromatic rings. The number of nitrogens with zero attached hydrogens (tertiary/aromatic N) is 4. The van der Waals surface area contributed by atoms with Crippen LogP contribution in [-0.2, 0) is 10.5 Å². The van der Waals surface area contributed by atoms with E-state index in [2.05, 4.69) is 15.2 Å². The standard InChI is InChI=1S/C25H18ClFN4O3S3/c1-12-22(36-13(2)28-12)20(32)18-19(16-5-3-4-6-17(16)27)31(23(34)21(18)33)24-29-30-25(37-24)35-11-14-7-9-15(26)10-8-14/h3-10,19,33H,11H2,1-2H3.